The molecule has 1 aliphatic rings. The Hall–Kier alpha value is -2.21. The van der Waals surface area contributed by atoms with Crippen LogP contribution >= 0.6 is 34.4 Å². The number of carbonyl (C=O) groups excluding carboxylic acids is 2. The molecule has 35 heavy (non-hydrogen) atoms. The van der Waals surface area contributed by atoms with E-state index in [1.807, 2.05) is 6.92 Å². The molecule has 1 N–H and O–H groups in total. The van der Waals surface area contributed by atoms with E-state index in [1.54, 1.807) is 24.3 Å². The normalized spacial score (nSPS) is 15.5. The summed E-state index contributed by atoms with van der Waals surface area (Å²) in [5, 5.41) is 15.1. The number of thioether (sulfide) groups is 1. The molecule has 1 atom stereocenters. The molecule has 188 valence electrons. The maximum Gasteiger partial charge on any atom is 0.341 e. The van der Waals surface area contributed by atoms with Gasteiger partial charge in [-0.1, -0.05) is 25.6 Å². The molecule has 1 aliphatic heterocycles. The highest BCUT2D eigenvalue weighted by atomic mass is 32.2. The lowest BCUT2D eigenvalue weighted by atomic mass is 10.2. The number of thiophene rings is 2. The third-order valence-electron chi connectivity index (χ3n) is 5.60. The summed E-state index contributed by atoms with van der Waals surface area (Å²) >= 11 is 4.46. The second-order valence-corrected chi connectivity index (χ2v) is 11.1. The van der Waals surface area contributed by atoms with E-state index >= 15 is 0 Å². The van der Waals surface area contributed by atoms with Crippen LogP contribution < -0.4 is 5.32 Å². The smallest absolute Gasteiger partial charge is 0.341 e. The van der Waals surface area contributed by atoms with Gasteiger partial charge in [0.25, 0.3) is 0 Å². The molecule has 3 aromatic rings. The number of esters is 1. The van der Waals surface area contributed by atoms with Crippen LogP contribution in [0, 0.1) is 0 Å². The van der Waals surface area contributed by atoms with E-state index in [2.05, 4.69) is 38.5 Å². The summed E-state index contributed by atoms with van der Waals surface area (Å²) in [4.78, 5) is 27.5. The van der Waals surface area contributed by atoms with Crippen molar-refractivity contribution in [3.8, 4) is 11.4 Å². The minimum atomic E-state index is -0.422. The highest BCUT2D eigenvalue weighted by Gasteiger charge is 2.24. The Bertz CT molecular complexity index is 1160. The molecule has 1 fully saturated rings. The molecule has 0 aliphatic carbocycles. The molecule has 11 heteroatoms. The summed E-state index contributed by atoms with van der Waals surface area (Å²) < 4.78 is 13.1. The molecule has 8 nitrogen and oxygen atoms in total. The number of aryl methyl sites for hydroxylation is 2. The Morgan fingerprint density at radius 3 is 2.74 bits per heavy atom. The minimum Gasteiger partial charge on any atom is -0.462 e. The standard InChI is InChI=1S/C24H30N4O4S3/c1-4-17-10-15(13-33-17)21-26-27-24(28(21)12-16-8-7-9-32-16)34-14-20(29)25-22-19(23(30)31-6-3)11-18(5-2)35-22/h10-11,13,16H,4-9,12,14H2,1-3H3,(H,25,29). The van der Waals surface area contributed by atoms with Gasteiger partial charge < -0.3 is 14.8 Å². The second kappa shape index (κ2) is 12.2. The molecule has 0 spiro atoms. The largest absolute Gasteiger partial charge is 0.462 e. The lowest BCUT2D eigenvalue weighted by Crippen LogP contribution is -2.18. The van der Waals surface area contributed by atoms with Crippen molar-refractivity contribution in [3.05, 3.63) is 32.8 Å². The van der Waals surface area contributed by atoms with Gasteiger partial charge in [-0.25, -0.2) is 4.79 Å². The zero-order valence-electron chi connectivity index (χ0n) is 20.2. The van der Waals surface area contributed by atoms with Crippen molar-refractivity contribution in [1.29, 1.82) is 0 Å². The van der Waals surface area contributed by atoms with Gasteiger partial charge in [0.2, 0.25) is 5.91 Å². The van der Waals surface area contributed by atoms with Crippen LogP contribution in [0.4, 0.5) is 5.00 Å². The second-order valence-electron chi connectivity index (χ2n) is 8.07. The van der Waals surface area contributed by atoms with Gasteiger partial charge in [0.15, 0.2) is 11.0 Å². The molecule has 1 saturated heterocycles. The van der Waals surface area contributed by atoms with Crippen molar-refractivity contribution in [3.63, 3.8) is 0 Å². The zero-order valence-corrected chi connectivity index (χ0v) is 22.6. The van der Waals surface area contributed by atoms with Crippen LogP contribution in [0.1, 0.15) is 53.7 Å². The highest BCUT2D eigenvalue weighted by Crippen LogP contribution is 2.31. The van der Waals surface area contributed by atoms with Gasteiger partial charge in [-0.2, -0.15) is 0 Å². The molecule has 0 radical (unpaired) electrons. The number of anilines is 1. The fraction of sp³-hybridized carbons (Fsp3) is 0.500. The molecule has 4 heterocycles. The van der Waals surface area contributed by atoms with Gasteiger partial charge in [0.1, 0.15) is 5.00 Å². The summed E-state index contributed by atoms with van der Waals surface area (Å²) in [6, 6.07) is 3.95. The SMILES string of the molecule is CCOC(=O)c1cc(CC)sc1NC(=O)CSc1nnc(-c2csc(CC)c2)n1CC1CCCO1. The predicted molar refractivity (Wildman–Crippen MR) is 141 cm³/mol. The maximum absolute atomic E-state index is 12.8. The molecule has 1 unspecified atom stereocenters. The number of aromatic nitrogens is 3. The summed E-state index contributed by atoms with van der Waals surface area (Å²) in [6.07, 6.45) is 3.92. The number of nitrogens with zero attached hydrogens (tertiary/aromatic N) is 3. The Morgan fingerprint density at radius 2 is 2.06 bits per heavy atom. The quantitative estimate of drug-likeness (QED) is 0.264. The number of carbonyl (C=O) groups is 2. The molecular formula is C24H30N4O4S3. The zero-order chi connectivity index (χ0) is 24.8. The van der Waals surface area contributed by atoms with Crippen LogP contribution in [0.2, 0.25) is 0 Å². The first-order valence-electron chi connectivity index (χ1n) is 11.9. The minimum absolute atomic E-state index is 0.118. The topological polar surface area (TPSA) is 95.3 Å². The summed E-state index contributed by atoms with van der Waals surface area (Å²) in [5.74, 6) is 0.321. The van der Waals surface area contributed by atoms with E-state index in [9.17, 15) is 9.59 Å². The van der Waals surface area contributed by atoms with E-state index < -0.39 is 5.97 Å². The average molecular weight is 535 g/mol. The monoisotopic (exact) mass is 534 g/mol. The van der Waals surface area contributed by atoms with Gasteiger partial charge in [-0.15, -0.1) is 32.9 Å². The molecule has 1 amide bonds. The number of hydrogen-bond acceptors (Lipinski definition) is 9. The molecule has 4 rings (SSSR count). The Balaban J connectivity index is 1.48. The number of rotatable bonds is 11. The predicted octanol–water partition coefficient (Wildman–Crippen LogP) is 5.28. The third kappa shape index (κ3) is 6.32. The van der Waals surface area contributed by atoms with Crippen molar-refractivity contribution in [1.82, 2.24) is 14.8 Å². The van der Waals surface area contributed by atoms with Crippen molar-refractivity contribution < 1.29 is 19.1 Å². The van der Waals surface area contributed by atoms with Crippen LogP contribution in [0.3, 0.4) is 0 Å². The first kappa shape index (κ1) is 25.9. The number of nitrogens with one attached hydrogen (secondary N) is 1. The van der Waals surface area contributed by atoms with Crippen molar-refractivity contribution in [2.75, 3.05) is 24.3 Å². The fourth-order valence-corrected chi connectivity index (χ4v) is 6.37. The lowest BCUT2D eigenvalue weighted by molar-refractivity contribution is -0.113. The van der Waals surface area contributed by atoms with Gasteiger partial charge in [-0.3, -0.25) is 9.36 Å². The van der Waals surface area contributed by atoms with Crippen molar-refractivity contribution in [2.45, 2.75) is 64.3 Å². The van der Waals surface area contributed by atoms with Crippen LogP contribution in [0.5, 0.6) is 0 Å². The summed E-state index contributed by atoms with van der Waals surface area (Å²) in [6.45, 7) is 7.62. The van der Waals surface area contributed by atoms with Crippen LogP contribution in [-0.4, -0.2) is 51.7 Å². The number of hydrogen-bond donors (Lipinski definition) is 1. The van der Waals surface area contributed by atoms with Crippen LogP contribution in [-0.2, 0) is 33.7 Å². The number of amides is 1. The van der Waals surface area contributed by atoms with Crippen molar-refractivity contribution in [2.24, 2.45) is 0 Å². The van der Waals surface area contributed by atoms with Gasteiger partial charge in [0, 0.05) is 27.3 Å². The van der Waals surface area contributed by atoms with Crippen molar-refractivity contribution >= 4 is 51.3 Å². The third-order valence-corrected chi connectivity index (χ3v) is 8.84. The molecule has 3 aromatic heterocycles. The Labute approximate surface area is 217 Å². The van der Waals surface area contributed by atoms with Gasteiger partial charge in [-0.05, 0) is 44.7 Å². The van der Waals surface area contributed by atoms with E-state index in [0.29, 0.717) is 22.3 Å². The highest BCUT2D eigenvalue weighted by molar-refractivity contribution is 7.99. The van der Waals surface area contributed by atoms with E-state index in [4.69, 9.17) is 9.47 Å². The van der Waals surface area contributed by atoms with Gasteiger partial charge in [0.05, 0.1) is 30.6 Å². The van der Waals surface area contributed by atoms with E-state index in [0.717, 1.165) is 48.6 Å². The van der Waals surface area contributed by atoms with Crippen LogP contribution in [0.25, 0.3) is 11.4 Å². The number of ether oxygens (including phenoxy) is 2. The molecule has 0 saturated carbocycles. The Morgan fingerprint density at radius 1 is 1.23 bits per heavy atom. The summed E-state index contributed by atoms with van der Waals surface area (Å²) in [5.41, 5.74) is 1.44. The lowest BCUT2D eigenvalue weighted by Gasteiger charge is -2.14. The van der Waals surface area contributed by atoms with E-state index in [-0.39, 0.29) is 24.4 Å². The molecule has 0 bridgehead atoms. The average Bonchev–Trinajstić information content (AvgIpc) is 3.65. The fourth-order valence-electron chi connectivity index (χ4n) is 3.81. The molecule has 0 aromatic carbocycles. The van der Waals surface area contributed by atoms with E-state index in [1.165, 1.54) is 28.0 Å². The van der Waals surface area contributed by atoms with Crippen LogP contribution in [0.15, 0.2) is 22.7 Å². The first-order chi connectivity index (χ1) is 17.0. The Kier molecular flexibility index (Phi) is 8.99. The maximum atomic E-state index is 12.8. The van der Waals surface area contributed by atoms with Gasteiger partial charge >= 0.3 is 5.97 Å². The summed E-state index contributed by atoms with van der Waals surface area (Å²) in [7, 11) is 0. The molecular weight excluding hydrogens is 504 g/mol. The first-order valence-corrected chi connectivity index (χ1v) is 14.6.